The molecule has 6 nitrogen and oxygen atoms in total. The lowest BCUT2D eigenvalue weighted by Crippen LogP contribution is -2.01. The number of thiazole rings is 1. The van der Waals surface area contributed by atoms with Gasteiger partial charge in [0.1, 0.15) is 5.82 Å². The number of hydrogen-bond acceptors (Lipinski definition) is 6. The van der Waals surface area contributed by atoms with Crippen molar-refractivity contribution in [3.63, 3.8) is 0 Å². The van der Waals surface area contributed by atoms with E-state index >= 15 is 0 Å². The zero-order valence-corrected chi connectivity index (χ0v) is 13.3. The van der Waals surface area contributed by atoms with Gasteiger partial charge in [-0.1, -0.05) is 0 Å². The van der Waals surface area contributed by atoms with Crippen LogP contribution in [0, 0.1) is 6.92 Å². The summed E-state index contributed by atoms with van der Waals surface area (Å²) >= 11 is 1.49. The molecule has 2 heterocycles. The van der Waals surface area contributed by atoms with Crippen LogP contribution in [0.3, 0.4) is 0 Å². The molecule has 0 atom stereocenters. The summed E-state index contributed by atoms with van der Waals surface area (Å²) in [6, 6.07) is 7.52. The molecule has 114 valence electrons. The van der Waals surface area contributed by atoms with E-state index in [0.29, 0.717) is 17.3 Å². The van der Waals surface area contributed by atoms with Crippen molar-refractivity contribution < 1.29 is 9.47 Å². The standard InChI is InChI=1S/C15H16N4O2S/c1-9-6-14(16)19(18-9)15-17-11(8-22-15)10-4-5-12(20-2)13(7-10)21-3/h4-8H,16H2,1-3H3. The molecule has 0 amide bonds. The lowest BCUT2D eigenvalue weighted by atomic mass is 10.1. The predicted octanol–water partition coefficient (Wildman–Crippen LogP) is 2.90. The Kier molecular flexibility index (Phi) is 3.72. The Morgan fingerprint density at radius 1 is 1.14 bits per heavy atom. The van der Waals surface area contributed by atoms with Crippen LogP contribution in [0.15, 0.2) is 29.6 Å². The first-order valence-electron chi connectivity index (χ1n) is 6.63. The molecule has 22 heavy (non-hydrogen) atoms. The third-order valence-corrected chi connectivity index (χ3v) is 4.03. The average molecular weight is 316 g/mol. The van der Waals surface area contributed by atoms with Gasteiger partial charge in [-0.15, -0.1) is 11.3 Å². The molecule has 0 saturated heterocycles. The maximum absolute atomic E-state index is 5.94. The van der Waals surface area contributed by atoms with E-state index < -0.39 is 0 Å². The molecule has 7 heteroatoms. The van der Waals surface area contributed by atoms with Crippen molar-refractivity contribution in [2.45, 2.75) is 6.92 Å². The Labute approximate surface area is 132 Å². The average Bonchev–Trinajstić information content (AvgIpc) is 3.12. The molecule has 0 saturated carbocycles. The molecule has 0 unspecified atom stereocenters. The van der Waals surface area contributed by atoms with E-state index in [1.54, 1.807) is 18.9 Å². The second-order valence-electron chi connectivity index (χ2n) is 4.71. The number of benzene rings is 1. The Morgan fingerprint density at radius 3 is 2.55 bits per heavy atom. The fourth-order valence-corrected chi connectivity index (χ4v) is 2.97. The highest BCUT2D eigenvalue weighted by atomic mass is 32.1. The van der Waals surface area contributed by atoms with Gasteiger partial charge in [0.25, 0.3) is 0 Å². The van der Waals surface area contributed by atoms with Crippen LogP contribution in [0.25, 0.3) is 16.4 Å². The van der Waals surface area contributed by atoms with Crippen LogP contribution in [-0.4, -0.2) is 29.0 Å². The normalized spacial score (nSPS) is 10.7. The van der Waals surface area contributed by atoms with Gasteiger partial charge in [-0.25, -0.2) is 4.98 Å². The molecule has 0 aliphatic carbocycles. The molecular weight excluding hydrogens is 300 g/mol. The van der Waals surface area contributed by atoms with Crippen LogP contribution in [0.4, 0.5) is 5.82 Å². The molecule has 0 bridgehead atoms. The second kappa shape index (κ2) is 5.69. The van der Waals surface area contributed by atoms with E-state index in [-0.39, 0.29) is 0 Å². The summed E-state index contributed by atoms with van der Waals surface area (Å²) in [4.78, 5) is 4.60. The second-order valence-corrected chi connectivity index (χ2v) is 5.54. The minimum atomic E-state index is 0.575. The van der Waals surface area contributed by atoms with Gasteiger partial charge < -0.3 is 15.2 Å². The summed E-state index contributed by atoms with van der Waals surface area (Å²) in [6.07, 6.45) is 0. The highest BCUT2D eigenvalue weighted by molar-refractivity contribution is 7.12. The van der Waals surface area contributed by atoms with E-state index in [0.717, 1.165) is 22.1 Å². The molecule has 0 spiro atoms. The molecule has 0 aliphatic heterocycles. The van der Waals surface area contributed by atoms with Gasteiger partial charge in [-0.2, -0.15) is 9.78 Å². The third kappa shape index (κ3) is 2.50. The molecule has 0 fully saturated rings. The number of aromatic nitrogens is 3. The summed E-state index contributed by atoms with van der Waals surface area (Å²) in [5.74, 6) is 1.93. The SMILES string of the molecule is COc1ccc(-c2csc(-n3nc(C)cc3N)n2)cc1OC. The van der Waals surface area contributed by atoms with Crippen molar-refractivity contribution in [2.24, 2.45) is 0 Å². The molecule has 3 rings (SSSR count). The molecule has 0 radical (unpaired) electrons. The van der Waals surface area contributed by atoms with Gasteiger partial charge >= 0.3 is 0 Å². The maximum Gasteiger partial charge on any atom is 0.212 e. The number of nitrogens with zero attached hydrogens (tertiary/aromatic N) is 3. The predicted molar refractivity (Wildman–Crippen MR) is 86.9 cm³/mol. The van der Waals surface area contributed by atoms with Crippen molar-refractivity contribution in [1.29, 1.82) is 0 Å². The molecule has 3 aromatic rings. The fraction of sp³-hybridized carbons (Fsp3) is 0.200. The van der Waals surface area contributed by atoms with Crippen molar-refractivity contribution in [2.75, 3.05) is 20.0 Å². The van der Waals surface area contributed by atoms with Gasteiger partial charge in [-0.3, -0.25) is 0 Å². The van der Waals surface area contributed by atoms with Crippen LogP contribution < -0.4 is 15.2 Å². The van der Waals surface area contributed by atoms with Crippen molar-refractivity contribution >= 4 is 17.2 Å². The van der Waals surface area contributed by atoms with Crippen molar-refractivity contribution in [3.8, 4) is 27.9 Å². The minimum absolute atomic E-state index is 0.575. The first kappa shape index (κ1) is 14.4. The Balaban J connectivity index is 1.99. The Morgan fingerprint density at radius 2 is 1.91 bits per heavy atom. The van der Waals surface area contributed by atoms with E-state index in [9.17, 15) is 0 Å². The maximum atomic E-state index is 5.94. The van der Waals surface area contributed by atoms with Crippen LogP contribution >= 0.6 is 11.3 Å². The van der Waals surface area contributed by atoms with Crippen molar-refractivity contribution in [1.82, 2.24) is 14.8 Å². The summed E-state index contributed by atoms with van der Waals surface area (Å²) in [5, 5.41) is 7.04. The molecular formula is C15H16N4O2S. The lowest BCUT2D eigenvalue weighted by Gasteiger charge is -2.08. The number of nitrogen functional groups attached to an aromatic ring is 1. The van der Waals surface area contributed by atoms with Gasteiger partial charge in [-0.05, 0) is 25.1 Å². The van der Waals surface area contributed by atoms with Crippen LogP contribution in [0.2, 0.25) is 0 Å². The first-order valence-corrected chi connectivity index (χ1v) is 7.50. The minimum Gasteiger partial charge on any atom is -0.493 e. The molecule has 1 aromatic carbocycles. The van der Waals surface area contributed by atoms with Gasteiger partial charge in [0, 0.05) is 17.0 Å². The number of nitrogens with two attached hydrogens (primary N) is 1. The smallest absolute Gasteiger partial charge is 0.212 e. The van der Waals surface area contributed by atoms with Gasteiger partial charge in [0.15, 0.2) is 11.5 Å². The highest BCUT2D eigenvalue weighted by Gasteiger charge is 2.12. The quantitative estimate of drug-likeness (QED) is 0.801. The summed E-state index contributed by atoms with van der Waals surface area (Å²) in [6.45, 7) is 1.90. The summed E-state index contributed by atoms with van der Waals surface area (Å²) in [5.41, 5.74) is 8.58. The number of anilines is 1. The first-order chi connectivity index (χ1) is 10.6. The summed E-state index contributed by atoms with van der Waals surface area (Å²) in [7, 11) is 3.22. The Bertz CT molecular complexity index is 810. The number of ether oxygens (including phenoxy) is 2. The number of hydrogen-bond donors (Lipinski definition) is 1. The van der Waals surface area contributed by atoms with E-state index in [2.05, 4.69) is 10.1 Å². The van der Waals surface area contributed by atoms with Gasteiger partial charge in [0.2, 0.25) is 5.13 Å². The van der Waals surface area contributed by atoms with Crippen LogP contribution in [-0.2, 0) is 0 Å². The van der Waals surface area contributed by atoms with Crippen LogP contribution in [0.5, 0.6) is 11.5 Å². The van der Waals surface area contributed by atoms with E-state index in [1.807, 2.05) is 36.6 Å². The zero-order chi connectivity index (χ0) is 15.7. The molecule has 2 aromatic heterocycles. The monoisotopic (exact) mass is 316 g/mol. The lowest BCUT2D eigenvalue weighted by molar-refractivity contribution is 0.355. The van der Waals surface area contributed by atoms with Gasteiger partial charge in [0.05, 0.1) is 25.6 Å². The highest BCUT2D eigenvalue weighted by Crippen LogP contribution is 2.33. The van der Waals surface area contributed by atoms with Crippen molar-refractivity contribution in [3.05, 3.63) is 35.3 Å². The molecule has 2 N–H and O–H groups in total. The fourth-order valence-electron chi connectivity index (χ4n) is 2.16. The van der Waals surface area contributed by atoms with E-state index in [4.69, 9.17) is 15.2 Å². The topological polar surface area (TPSA) is 75.2 Å². The van der Waals surface area contributed by atoms with Crippen LogP contribution in [0.1, 0.15) is 5.69 Å². The third-order valence-electron chi connectivity index (χ3n) is 3.21. The number of rotatable bonds is 4. The largest absolute Gasteiger partial charge is 0.493 e. The number of aryl methyl sites for hydroxylation is 1. The Hall–Kier alpha value is -2.54. The van der Waals surface area contributed by atoms with E-state index in [1.165, 1.54) is 11.3 Å². The molecule has 0 aliphatic rings. The zero-order valence-electron chi connectivity index (χ0n) is 12.5. The number of methoxy groups -OCH3 is 2. The summed E-state index contributed by atoms with van der Waals surface area (Å²) < 4.78 is 12.2.